The van der Waals surface area contributed by atoms with Crippen LogP contribution >= 0.6 is 11.6 Å². The van der Waals surface area contributed by atoms with Crippen LogP contribution in [0.25, 0.3) is 6.08 Å². The second-order valence-corrected chi connectivity index (χ2v) is 4.74. The van der Waals surface area contributed by atoms with Crippen LogP contribution in [-0.2, 0) is 4.79 Å². The van der Waals surface area contributed by atoms with Crippen molar-refractivity contribution in [2.24, 2.45) is 5.92 Å². The van der Waals surface area contributed by atoms with Crippen LogP contribution < -0.4 is 5.32 Å². The molecule has 1 aromatic rings. The van der Waals surface area contributed by atoms with Crippen LogP contribution in [0.15, 0.2) is 30.3 Å². The fourth-order valence-corrected chi connectivity index (χ4v) is 1.52. The molecule has 2 nitrogen and oxygen atoms in total. The Labute approximate surface area is 108 Å². The van der Waals surface area contributed by atoms with Crippen molar-refractivity contribution in [1.82, 2.24) is 5.32 Å². The summed E-state index contributed by atoms with van der Waals surface area (Å²) < 4.78 is 0. The average molecular weight is 252 g/mol. The first-order chi connectivity index (χ1) is 8.09. The van der Waals surface area contributed by atoms with Gasteiger partial charge in [0.15, 0.2) is 0 Å². The smallest absolute Gasteiger partial charge is 0.244 e. The zero-order valence-electron chi connectivity index (χ0n) is 10.2. The largest absolute Gasteiger partial charge is 0.353 e. The normalized spacial score (nSPS) is 11.1. The summed E-state index contributed by atoms with van der Waals surface area (Å²) in [6.45, 7) is 4.97. The molecule has 1 N–H and O–H groups in total. The van der Waals surface area contributed by atoms with E-state index in [1.807, 2.05) is 18.2 Å². The molecule has 1 rings (SSSR count). The molecule has 0 saturated carbocycles. The van der Waals surface area contributed by atoms with Gasteiger partial charge in [-0.25, -0.2) is 0 Å². The van der Waals surface area contributed by atoms with E-state index in [0.29, 0.717) is 17.5 Å². The van der Waals surface area contributed by atoms with Crippen molar-refractivity contribution in [3.8, 4) is 0 Å². The molecular formula is C14H18ClNO. The number of hydrogen-bond acceptors (Lipinski definition) is 1. The highest BCUT2D eigenvalue weighted by atomic mass is 35.5. The van der Waals surface area contributed by atoms with Gasteiger partial charge in [-0.1, -0.05) is 43.6 Å². The highest BCUT2D eigenvalue weighted by molar-refractivity contribution is 6.32. The molecule has 0 radical (unpaired) electrons. The Morgan fingerprint density at radius 1 is 1.41 bits per heavy atom. The molecule has 17 heavy (non-hydrogen) atoms. The molecule has 1 amide bonds. The Morgan fingerprint density at radius 3 is 2.76 bits per heavy atom. The van der Waals surface area contributed by atoms with E-state index in [-0.39, 0.29) is 5.91 Å². The summed E-state index contributed by atoms with van der Waals surface area (Å²) in [5.74, 6) is 0.522. The van der Waals surface area contributed by atoms with Gasteiger partial charge in [0.05, 0.1) is 0 Å². The fourth-order valence-electron chi connectivity index (χ4n) is 1.32. The zero-order chi connectivity index (χ0) is 12.7. The second kappa shape index (κ2) is 7.13. The number of carbonyl (C=O) groups is 1. The maximum atomic E-state index is 11.5. The van der Waals surface area contributed by atoms with Gasteiger partial charge in [0.2, 0.25) is 5.91 Å². The molecule has 3 heteroatoms. The third-order valence-electron chi connectivity index (χ3n) is 2.34. The highest BCUT2D eigenvalue weighted by Gasteiger charge is 1.98. The first kappa shape index (κ1) is 13.8. The topological polar surface area (TPSA) is 29.1 Å². The average Bonchev–Trinajstić information content (AvgIpc) is 2.27. The molecule has 92 valence electrons. The first-order valence-corrected chi connectivity index (χ1v) is 6.18. The summed E-state index contributed by atoms with van der Waals surface area (Å²) in [5.41, 5.74) is 0.855. The Balaban J connectivity index is 2.43. The lowest BCUT2D eigenvalue weighted by atomic mass is 10.1. The zero-order valence-corrected chi connectivity index (χ0v) is 11.0. The number of amides is 1. The minimum Gasteiger partial charge on any atom is -0.353 e. The third-order valence-corrected chi connectivity index (χ3v) is 2.68. The van der Waals surface area contributed by atoms with Crippen molar-refractivity contribution in [2.75, 3.05) is 6.54 Å². The Kier molecular flexibility index (Phi) is 5.78. The minimum atomic E-state index is -0.0782. The van der Waals surface area contributed by atoms with Gasteiger partial charge in [-0.05, 0) is 30.0 Å². The van der Waals surface area contributed by atoms with Gasteiger partial charge in [0.1, 0.15) is 0 Å². The second-order valence-electron chi connectivity index (χ2n) is 4.33. The summed E-state index contributed by atoms with van der Waals surface area (Å²) in [6.07, 6.45) is 4.24. The van der Waals surface area contributed by atoms with Crippen molar-refractivity contribution in [2.45, 2.75) is 20.3 Å². The Hall–Kier alpha value is -1.28. The van der Waals surface area contributed by atoms with Crippen LogP contribution in [0, 0.1) is 5.92 Å². The molecule has 0 saturated heterocycles. The van der Waals surface area contributed by atoms with Gasteiger partial charge in [-0.2, -0.15) is 0 Å². The Bertz CT molecular complexity index is 399. The lowest BCUT2D eigenvalue weighted by Gasteiger charge is -2.04. The maximum Gasteiger partial charge on any atom is 0.244 e. The van der Waals surface area contributed by atoms with Crippen LogP contribution in [0.2, 0.25) is 5.02 Å². The number of hydrogen-bond donors (Lipinski definition) is 1. The summed E-state index contributed by atoms with van der Waals surface area (Å²) in [5, 5.41) is 3.49. The number of nitrogens with one attached hydrogen (secondary N) is 1. The van der Waals surface area contributed by atoms with Gasteiger partial charge in [-0.15, -0.1) is 0 Å². The van der Waals surface area contributed by atoms with Crippen molar-refractivity contribution in [3.63, 3.8) is 0 Å². The molecule has 0 aliphatic rings. The molecule has 0 atom stereocenters. The Morgan fingerprint density at radius 2 is 2.12 bits per heavy atom. The van der Waals surface area contributed by atoms with Crippen molar-refractivity contribution in [1.29, 1.82) is 0 Å². The molecule has 0 fully saturated rings. The van der Waals surface area contributed by atoms with E-state index in [9.17, 15) is 4.79 Å². The summed E-state index contributed by atoms with van der Waals surface area (Å²) in [4.78, 5) is 11.5. The monoisotopic (exact) mass is 251 g/mol. The quantitative estimate of drug-likeness (QED) is 0.798. The lowest BCUT2D eigenvalue weighted by Crippen LogP contribution is -2.23. The number of carbonyl (C=O) groups excluding carboxylic acids is 1. The summed E-state index contributed by atoms with van der Waals surface area (Å²) in [7, 11) is 0. The number of benzene rings is 1. The molecular weight excluding hydrogens is 234 g/mol. The SMILES string of the molecule is CC(C)CCNC(=O)C=Cc1ccccc1Cl. The van der Waals surface area contributed by atoms with Gasteiger partial charge in [-0.3, -0.25) is 4.79 Å². The van der Waals surface area contributed by atoms with Crippen LogP contribution in [0.1, 0.15) is 25.8 Å². The van der Waals surface area contributed by atoms with Crippen LogP contribution in [0.5, 0.6) is 0 Å². The number of rotatable bonds is 5. The van der Waals surface area contributed by atoms with Crippen molar-refractivity contribution in [3.05, 3.63) is 40.9 Å². The van der Waals surface area contributed by atoms with E-state index in [2.05, 4.69) is 19.2 Å². The van der Waals surface area contributed by atoms with Gasteiger partial charge in [0, 0.05) is 17.6 Å². The standard InChI is InChI=1S/C14H18ClNO/c1-11(2)9-10-16-14(17)8-7-12-5-3-4-6-13(12)15/h3-8,11H,9-10H2,1-2H3,(H,16,17). The van der Waals surface area contributed by atoms with Gasteiger partial charge < -0.3 is 5.32 Å². The predicted octanol–water partition coefficient (Wildman–Crippen LogP) is 3.52. The molecule has 0 spiro atoms. The third kappa shape index (κ3) is 5.55. The number of halogens is 1. The van der Waals surface area contributed by atoms with Crippen LogP contribution in [-0.4, -0.2) is 12.5 Å². The lowest BCUT2D eigenvalue weighted by molar-refractivity contribution is -0.116. The molecule has 0 bridgehead atoms. The van der Waals surface area contributed by atoms with Crippen molar-refractivity contribution >= 4 is 23.6 Å². The highest BCUT2D eigenvalue weighted by Crippen LogP contribution is 2.15. The van der Waals surface area contributed by atoms with E-state index in [1.54, 1.807) is 12.1 Å². The summed E-state index contributed by atoms with van der Waals surface area (Å²) >= 11 is 5.97. The molecule has 0 aromatic heterocycles. The summed E-state index contributed by atoms with van der Waals surface area (Å²) in [6, 6.07) is 7.43. The first-order valence-electron chi connectivity index (χ1n) is 5.80. The predicted molar refractivity (Wildman–Crippen MR) is 73.0 cm³/mol. The molecule has 1 aromatic carbocycles. The van der Waals surface area contributed by atoms with E-state index in [0.717, 1.165) is 12.0 Å². The molecule has 0 unspecified atom stereocenters. The van der Waals surface area contributed by atoms with Crippen molar-refractivity contribution < 1.29 is 4.79 Å². The fraction of sp³-hybridized carbons (Fsp3) is 0.357. The van der Waals surface area contributed by atoms with Crippen LogP contribution in [0.3, 0.4) is 0 Å². The van der Waals surface area contributed by atoms with Crippen LogP contribution in [0.4, 0.5) is 0 Å². The molecule has 0 heterocycles. The minimum absolute atomic E-state index is 0.0782. The maximum absolute atomic E-state index is 11.5. The van der Waals surface area contributed by atoms with Gasteiger partial charge >= 0.3 is 0 Å². The van der Waals surface area contributed by atoms with E-state index >= 15 is 0 Å². The van der Waals surface area contributed by atoms with E-state index < -0.39 is 0 Å². The van der Waals surface area contributed by atoms with E-state index in [1.165, 1.54) is 6.08 Å². The van der Waals surface area contributed by atoms with E-state index in [4.69, 9.17) is 11.6 Å². The van der Waals surface area contributed by atoms with Gasteiger partial charge in [0.25, 0.3) is 0 Å². The molecule has 0 aliphatic carbocycles. The molecule has 0 aliphatic heterocycles.